The summed E-state index contributed by atoms with van der Waals surface area (Å²) in [5, 5.41) is 14.1. The van der Waals surface area contributed by atoms with Crippen molar-refractivity contribution in [3.63, 3.8) is 0 Å². The van der Waals surface area contributed by atoms with Crippen LogP contribution in [0, 0.1) is 17.0 Å². The molecule has 1 aliphatic heterocycles. The molecule has 1 fully saturated rings. The van der Waals surface area contributed by atoms with E-state index < -0.39 is 4.92 Å². The van der Waals surface area contributed by atoms with Crippen LogP contribution in [-0.2, 0) is 4.74 Å². The van der Waals surface area contributed by atoms with E-state index in [1.165, 1.54) is 6.07 Å². The van der Waals surface area contributed by atoms with Gasteiger partial charge in [-0.15, -0.1) is 0 Å². The molecule has 0 saturated carbocycles. The second-order valence-corrected chi connectivity index (χ2v) is 5.50. The first-order valence-corrected chi connectivity index (χ1v) is 6.40. The van der Waals surface area contributed by atoms with E-state index in [2.05, 4.69) is 24.1 Å². The van der Waals surface area contributed by atoms with Crippen molar-refractivity contribution in [2.24, 2.45) is 0 Å². The second kappa shape index (κ2) is 5.13. The number of hydrogen-bond donors (Lipinski definition) is 1. The van der Waals surface area contributed by atoms with Crippen molar-refractivity contribution < 1.29 is 9.66 Å². The average Bonchev–Trinajstić information content (AvgIpc) is 2.27. The fourth-order valence-corrected chi connectivity index (χ4v) is 2.39. The molecule has 1 aromatic rings. The molecule has 0 aliphatic carbocycles. The molecule has 104 valence electrons. The number of aryl methyl sites for hydroxylation is 1. The minimum Gasteiger partial charge on any atom is -0.375 e. The topological polar surface area (TPSA) is 77.3 Å². The predicted molar refractivity (Wildman–Crippen MR) is 72.3 cm³/mol. The lowest BCUT2D eigenvalue weighted by molar-refractivity contribution is -0.385. The van der Waals surface area contributed by atoms with E-state index in [9.17, 15) is 10.1 Å². The number of rotatable bonds is 3. The summed E-state index contributed by atoms with van der Waals surface area (Å²) in [4.78, 5) is 14.6. The Hall–Kier alpha value is -1.69. The number of aromatic nitrogens is 1. The van der Waals surface area contributed by atoms with E-state index in [0.29, 0.717) is 11.5 Å². The molecule has 1 saturated heterocycles. The first-order valence-electron chi connectivity index (χ1n) is 6.40. The lowest BCUT2D eigenvalue weighted by Gasteiger charge is -2.36. The van der Waals surface area contributed by atoms with E-state index in [-0.39, 0.29) is 17.3 Å². The van der Waals surface area contributed by atoms with Crippen LogP contribution in [0.15, 0.2) is 12.1 Å². The standard InChI is InChI=1S/C13H19N3O3/c1-9-11(16(17)18)4-5-12(14-9)15-10-6-7-19-13(2,3)8-10/h4-5,10H,6-8H2,1-3H3,(H,14,15). The zero-order valence-corrected chi connectivity index (χ0v) is 11.5. The Labute approximate surface area is 112 Å². The van der Waals surface area contributed by atoms with Gasteiger partial charge in [0.1, 0.15) is 11.5 Å². The molecule has 0 amide bonds. The molecule has 1 aliphatic rings. The Bertz CT molecular complexity index is 488. The van der Waals surface area contributed by atoms with Crippen molar-refractivity contribution in [3.05, 3.63) is 27.9 Å². The van der Waals surface area contributed by atoms with Crippen molar-refractivity contribution in [1.82, 2.24) is 4.98 Å². The number of nitrogens with one attached hydrogen (secondary N) is 1. The van der Waals surface area contributed by atoms with E-state index in [1.807, 2.05) is 0 Å². The van der Waals surface area contributed by atoms with Gasteiger partial charge in [0.15, 0.2) is 0 Å². The van der Waals surface area contributed by atoms with Crippen LogP contribution < -0.4 is 5.32 Å². The van der Waals surface area contributed by atoms with Gasteiger partial charge in [-0.25, -0.2) is 4.98 Å². The maximum absolute atomic E-state index is 10.7. The molecule has 1 aromatic heterocycles. The Balaban J connectivity index is 2.07. The van der Waals surface area contributed by atoms with E-state index in [1.54, 1.807) is 13.0 Å². The van der Waals surface area contributed by atoms with Gasteiger partial charge in [-0.2, -0.15) is 0 Å². The molecule has 6 heteroatoms. The highest BCUT2D eigenvalue weighted by Crippen LogP contribution is 2.26. The third-order valence-electron chi connectivity index (χ3n) is 3.30. The fraction of sp³-hybridized carbons (Fsp3) is 0.615. The molecule has 19 heavy (non-hydrogen) atoms. The van der Waals surface area contributed by atoms with Gasteiger partial charge in [-0.1, -0.05) is 0 Å². The average molecular weight is 265 g/mol. The highest BCUT2D eigenvalue weighted by Gasteiger charge is 2.29. The smallest absolute Gasteiger partial charge is 0.290 e. The monoisotopic (exact) mass is 265 g/mol. The maximum atomic E-state index is 10.7. The van der Waals surface area contributed by atoms with E-state index >= 15 is 0 Å². The molecule has 0 aromatic carbocycles. The van der Waals surface area contributed by atoms with Crippen molar-refractivity contribution in [3.8, 4) is 0 Å². The first-order chi connectivity index (χ1) is 8.87. The summed E-state index contributed by atoms with van der Waals surface area (Å²) in [6.45, 7) is 6.50. The van der Waals surface area contributed by atoms with Gasteiger partial charge in [0.25, 0.3) is 5.69 Å². The van der Waals surface area contributed by atoms with Crippen molar-refractivity contribution >= 4 is 11.5 Å². The predicted octanol–water partition coefficient (Wildman–Crippen LogP) is 2.67. The largest absolute Gasteiger partial charge is 0.375 e. The third kappa shape index (κ3) is 3.41. The fourth-order valence-electron chi connectivity index (χ4n) is 2.39. The van der Waals surface area contributed by atoms with Gasteiger partial charge in [-0.05, 0) is 39.7 Å². The summed E-state index contributed by atoms with van der Waals surface area (Å²) in [6, 6.07) is 3.44. The van der Waals surface area contributed by atoms with Crippen molar-refractivity contribution in [1.29, 1.82) is 0 Å². The van der Waals surface area contributed by atoms with Gasteiger partial charge >= 0.3 is 0 Å². The van der Waals surface area contributed by atoms with Crippen LogP contribution in [0.2, 0.25) is 0 Å². The molecular weight excluding hydrogens is 246 g/mol. The molecule has 2 heterocycles. The zero-order valence-electron chi connectivity index (χ0n) is 11.5. The number of nitrogens with zero attached hydrogens (tertiary/aromatic N) is 2. The zero-order chi connectivity index (χ0) is 14.0. The number of nitro groups is 1. The summed E-state index contributed by atoms with van der Waals surface area (Å²) < 4.78 is 5.66. The van der Waals surface area contributed by atoms with Crippen molar-refractivity contribution in [2.75, 3.05) is 11.9 Å². The summed E-state index contributed by atoms with van der Waals surface area (Å²) in [6.07, 6.45) is 1.81. The lowest BCUT2D eigenvalue weighted by Crippen LogP contribution is -2.40. The van der Waals surface area contributed by atoms with E-state index in [0.717, 1.165) is 19.4 Å². The highest BCUT2D eigenvalue weighted by atomic mass is 16.6. The number of anilines is 1. The van der Waals surface area contributed by atoms with E-state index in [4.69, 9.17) is 4.74 Å². The number of pyridine rings is 1. The first kappa shape index (κ1) is 13.7. The van der Waals surface area contributed by atoms with Crippen LogP contribution in [0.4, 0.5) is 11.5 Å². The molecule has 1 unspecified atom stereocenters. The maximum Gasteiger partial charge on any atom is 0.290 e. The van der Waals surface area contributed by atoms with Gasteiger partial charge in [0, 0.05) is 18.7 Å². The number of ether oxygens (including phenoxy) is 1. The Morgan fingerprint density at radius 3 is 2.84 bits per heavy atom. The molecule has 0 bridgehead atoms. The SMILES string of the molecule is Cc1nc(NC2CCOC(C)(C)C2)ccc1[N+](=O)[O-]. The Kier molecular flexibility index (Phi) is 3.71. The minimum absolute atomic E-state index is 0.0536. The molecule has 0 radical (unpaired) electrons. The van der Waals surface area contributed by atoms with Crippen LogP contribution in [0.3, 0.4) is 0 Å². The Morgan fingerprint density at radius 2 is 2.26 bits per heavy atom. The van der Waals surface area contributed by atoms with Crippen molar-refractivity contribution in [2.45, 2.75) is 45.3 Å². The summed E-state index contributed by atoms with van der Waals surface area (Å²) >= 11 is 0. The summed E-state index contributed by atoms with van der Waals surface area (Å²) in [5.74, 6) is 0.686. The van der Waals surface area contributed by atoms with Crippen LogP contribution in [0.25, 0.3) is 0 Å². The van der Waals surface area contributed by atoms with Gasteiger partial charge in [-0.3, -0.25) is 10.1 Å². The second-order valence-electron chi connectivity index (χ2n) is 5.50. The molecular formula is C13H19N3O3. The molecule has 1 atom stereocenters. The third-order valence-corrected chi connectivity index (χ3v) is 3.30. The van der Waals surface area contributed by atoms with Gasteiger partial charge < -0.3 is 10.1 Å². The summed E-state index contributed by atoms with van der Waals surface area (Å²) in [5.41, 5.74) is 0.352. The molecule has 1 N–H and O–H groups in total. The highest BCUT2D eigenvalue weighted by molar-refractivity contribution is 5.45. The molecule has 6 nitrogen and oxygen atoms in total. The van der Waals surface area contributed by atoms with Crippen LogP contribution >= 0.6 is 0 Å². The quantitative estimate of drug-likeness (QED) is 0.671. The van der Waals surface area contributed by atoms with Crippen LogP contribution in [-0.4, -0.2) is 28.2 Å². The van der Waals surface area contributed by atoms with Crippen LogP contribution in [0.5, 0.6) is 0 Å². The van der Waals surface area contributed by atoms with Gasteiger partial charge in [0.05, 0.1) is 10.5 Å². The number of hydrogen-bond acceptors (Lipinski definition) is 5. The Morgan fingerprint density at radius 1 is 1.53 bits per heavy atom. The summed E-state index contributed by atoms with van der Waals surface area (Å²) in [7, 11) is 0. The van der Waals surface area contributed by atoms with Crippen LogP contribution in [0.1, 0.15) is 32.4 Å². The molecule has 2 rings (SSSR count). The van der Waals surface area contributed by atoms with Gasteiger partial charge in [0.2, 0.25) is 0 Å². The normalized spacial score (nSPS) is 21.9. The minimum atomic E-state index is -0.413. The molecule has 0 spiro atoms. The lowest BCUT2D eigenvalue weighted by atomic mass is 9.94.